The van der Waals surface area contributed by atoms with E-state index in [-0.39, 0.29) is 11.9 Å². The zero-order chi connectivity index (χ0) is 17.6. The van der Waals surface area contributed by atoms with Crippen molar-refractivity contribution in [3.63, 3.8) is 0 Å². The van der Waals surface area contributed by atoms with E-state index in [2.05, 4.69) is 22.2 Å². The number of benzene rings is 2. The van der Waals surface area contributed by atoms with Crippen molar-refractivity contribution in [3.05, 3.63) is 65.7 Å². The van der Waals surface area contributed by atoms with Crippen LogP contribution in [0.3, 0.4) is 0 Å². The first-order valence-corrected chi connectivity index (χ1v) is 9.65. The summed E-state index contributed by atoms with van der Waals surface area (Å²) in [5.41, 5.74) is 2.04. The van der Waals surface area contributed by atoms with E-state index >= 15 is 0 Å². The molecule has 0 aromatic heterocycles. The van der Waals surface area contributed by atoms with Crippen molar-refractivity contribution in [2.24, 2.45) is 0 Å². The predicted molar refractivity (Wildman–Crippen MR) is 96.6 cm³/mol. The summed E-state index contributed by atoms with van der Waals surface area (Å²) in [4.78, 5) is 12.3. The van der Waals surface area contributed by atoms with Gasteiger partial charge in [0.15, 0.2) is 0 Å². The number of sulfonamides is 1. The van der Waals surface area contributed by atoms with E-state index in [1.807, 2.05) is 25.1 Å². The van der Waals surface area contributed by atoms with Crippen molar-refractivity contribution in [1.29, 1.82) is 0 Å². The van der Waals surface area contributed by atoms with Gasteiger partial charge in [-0.15, -0.1) is 0 Å². The molecule has 2 aromatic rings. The summed E-state index contributed by atoms with van der Waals surface area (Å²) in [6.07, 6.45) is 2.79. The lowest BCUT2D eigenvalue weighted by Gasteiger charge is -2.14. The quantitative estimate of drug-likeness (QED) is 0.809. The fraction of sp³-hybridized carbons (Fsp3) is 0.278. The van der Waals surface area contributed by atoms with Crippen molar-refractivity contribution in [1.82, 2.24) is 5.32 Å². The molecule has 2 aromatic carbocycles. The van der Waals surface area contributed by atoms with Crippen LogP contribution in [-0.4, -0.2) is 26.6 Å². The summed E-state index contributed by atoms with van der Waals surface area (Å²) >= 11 is 0. The number of nitrogens with one attached hydrogen (secondary N) is 2. The molecule has 2 rings (SSSR count). The van der Waals surface area contributed by atoms with Crippen LogP contribution >= 0.6 is 0 Å². The lowest BCUT2D eigenvalue weighted by Crippen LogP contribution is -2.32. The highest BCUT2D eigenvalue weighted by Gasteiger charge is 2.11. The van der Waals surface area contributed by atoms with Crippen LogP contribution in [0.2, 0.25) is 0 Å². The Labute approximate surface area is 143 Å². The van der Waals surface area contributed by atoms with Gasteiger partial charge in [0.2, 0.25) is 10.0 Å². The number of carbonyl (C=O) groups is 1. The molecule has 0 aliphatic heterocycles. The fourth-order valence-electron chi connectivity index (χ4n) is 2.35. The number of hydrogen-bond acceptors (Lipinski definition) is 3. The zero-order valence-electron chi connectivity index (χ0n) is 13.8. The Kier molecular flexibility index (Phi) is 5.98. The molecule has 0 saturated heterocycles. The average Bonchev–Trinajstić information content (AvgIpc) is 2.52. The minimum Gasteiger partial charge on any atom is -0.350 e. The number of aryl methyl sites for hydroxylation is 1. The van der Waals surface area contributed by atoms with Gasteiger partial charge in [-0.05, 0) is 43.5 Å². The van der Waals surface area contributed by atoms with Crippen LogP contribution in [0, 0.1) is 0 Å². The molecule has 0 fully saturated rings. The van der Waals surface area contributed by atoms with E-state index < -0.39 is 10.0 Å². The Bertz CT molecular complexity index is 789. The van der Waals surface area contributed by atoms with Gasteiger partial charge in [0.05, 0.1) is 6.26 Å². The summed E-state index contributed by atoms with van der Waals surface area (Å²) < 4.78 is 24.9. The first-order valence-electron chi connectivity index (χ1n) is 7.76. The third kappa shape index (κ3) is 6.04. The minimum atomic E-state index is -3.36. The summed E-state index contributed by atoms with van der Waals surface area (Å²) in [6.45, 7) is 1.96. The standard InChI is InChI=1S/C18H22N2O3S/c1-14(11-12-15-7-4-3-5-8-15)19-18(21)16-9-6-10-17(13-16)20-24(2,22)23/h3-10,13-14,20H,11-12H2,1-2H3,(H,19,21)/t14-/m1/s1. The maximum absolute atomic E-state index is 12.3. The monoisotopic (exact) mass is 346 g/mol. The van der Waals surface area contributed by atoms with Crippen LogP contribution in [-0.2, 0) is 16.4 Å². The Morgan fingerprint density at radius 2 is 1.79 bits per heavy atom. The minimum absolute atomic E-state index is 0.0178. The van der Waals surface area contributed by atoms with Crippen LogP contribution in [0.25, 0.3) is 0 Å². The second-order valence-corrected chi connectivity index (χ2v) is 7.60. The molecule has 128 valence electrons. The van der Waals surface area contributed by atoms with Gasteiger partial charge in [-0.3, -0.25) is 9.52 Å². The summed E-state index contributed by atoms with van der Waals surface area (Å²) in [6, 6.07) is 16.6. The van der Waals surface area contributed by atoms with E-state index in [4.69, 9.17) is 0 Å². The first-order chi connectivity index (χ1) is 11.3. The van der Waals surface area contributed by atoms with Crippen LogP contribution in [0.4, 0.5) is 5.69 Å². The second kappa shape index (κ2) is 7.97. The van der Waals surface area contributed by atoms with Crippen molar-refractivity contribution in [2.75, 3.05) is 11.0 Å². The molecule has 2 N–H and O–H groups in total. The van der Waals surface area contributed by atoms with Crippen LogP contribution in [0.5, 0.6) is 0 Å². The summed E-state index contributed by atoms with van der Waals surface area (Å²) in [7, 11) is -3.36. The normalized spacial score (nSPS) is 12.4. The second-order valence-electron chi connectivity index (χ2n) is 5.85. The predicted octanol–water partition coefficient (Wildman–Crippen LogP) is 2.81. The molecule has 6 heteroatoms. The number of amides is 1. The SMILES string of the molecule is C[C@H](CCc1ccccc1)NC(=O)c1cccc(NS(C)(=O)=O)c1. The zero-order valence-corrected chi connectivity index (χ0v) is 14.6. The van der Waals surface area contributed by atoms with E-state index in [1.165, 1.54) is 11.6 Å². The smallest absolute Gasteiger partial charge is 0.251 e. The van der Waals surface area contributed by atoms with Gasteiger partial charge in [-0.25, -0.2) is 8.42 Å². The number of carbonyl (C=O) groups excluding carboxylic acids is 1. The first kappa shape index (κ1) is 18.0. The molecule has 0 saturated carbocycles. The van der Waals surface area contributed by atoms with Gasteiger partial charge in [0.1, 0.15) is 0 Å². The molecule has 0 aliphatic carbocycles. The van der Waals surface area contributed by atoms with Gasteiger partial charge < -0.3 is 5.32 Å². The summed E-state index contributed by atoms with van der Waals surface area (Å²) in [5.74, 6) is -0.215. The third-order valence-corrected chi connectivity index (χ3v) is 4.12. The Morgan fingerprint density at radius 1 is 1.08 bits per heavy atom. The molecule has 1 amide bonds. The number of hydrogen-bond donors (Lipinski definition) is 2. The highest BCUT2D eigenvalue weighted by molar-refractivity contribution is 7.92. The van der Waals surface area contributed by atoms with Gasteiger partial charge in [-0.1, -0.05) is 36.4 Å². The van der Waals surface area contributed by atoms with Crippen molar-refractivity contribution in [2.45, 2.75) is 25.8 Å². The molecule has 0 radical (unpaired) electrons. The number of rotatable bonds is 7. The van der Waals surface area contributed by atoms with Crippen molar-refractivity contribution >= 4 is 21.6 Å². The highest BCUT2D eigenvalue weighted by atomic mass is 32.2. The van der Waals surface area contributed by atoms with Gasteiger partial charge >= 0.3 is 0 Å². The highest BCUT2D eigenvalue weighted by Crippen LogP contribution is 2.12. The van der Waals surface area contributed by atoms with Crippen LogP contribution in [0.1, 0.15) is 29.3 Å². The van der Waals surface area contributed by atoms with Crippen LogP contribution < -0.4 is 10.0 Å². The van der Waals surface area contributed by atoms with Crippen molar-refractivity contribution in [3.8, 4) is 0 Å². The Balaban J connectivity index is 1.93. The molecule has 5 nitrogen and oxygen atoms in total. The number of anilines is 1. The lowest BCUT2D eigenvalue weighted by molar-refractivity contribution is 0.0938. The fourth-order valence-corrected chi connectivity index (χ4v) is 2.90. The molecule has 0 aliphatic rings. The molecule has 0 spiro atoms. The van der Waals surface area contributed by atoms with E-state index in [0.29, 0.717) is 11.3 Å². The maximum Gasteiger partial charge on any atom is 0.251 e. The Morgan fingerprint density at radius 3 is 2.46 bits per heavy atom. The topological polar surface area (TPSA) is 75.3 Å². The van der Waals surface area contributed by atoms with Gasteiger partial charge in [0.25, 0.3) is 5.91 Å². The van der Waals surface area contributed by atoms with Crippen LogP contribution in [0.15, 0.2) is 54.6 Å². The molecular weight excluding hydrogens is 324 g/mol. The molecule has 0 heterocycles. The summed E-state index contributed by atoms with van der Waals surface area (Å²) in [5, 5.41) is 2.94. The average molecular weight is 346 g/mol. The van der Waals surface area contributed by atoms with Gasteiger partial charge in [-0.2, -0.15) is 0 Å². The molecule has 0 bridgehead atoms. The van der Waals surface area contributed by atoms with E-state index in [1.54, 1.807) is 18.2 Å². The molecule has 1 atom stereocenters. The lowest BCUT2D eigenvalue weighted by atomic mass is 10.1. The molecule has 0 unspecified atom stereocenters. The molecule has 24 heavy (non-hydrogen) atoms. The van der Waals surface area contributed by atoms with Crippen molar-refractivity contribution < 1.29 is 13.2 Å². The van der Waals surface area contributed by atoms with E-state index in [9.17, 15) is 13.2 Å². The third-order valence-electron chi connectivity index (χ3n) is 3.51. The maximum atomic E-state index is 12.3. The van der Waals surface area contributed by atoms with E-state index in [0.717, 1.165) is 19.1 Å². The van der Waals surface area contributed by atoms with Gasteiger partial charge in [0, 0.05) is 17.3 Å². The largest absolute Gasteiger partial charge is 0.350 e. The molecular formula is C18H22N2O3S. The Hall–Kier alpha value is -2.34.